The van der Waals surface area contributed by atoms with Gasteiger partial charge in [0.2, 0.25) is 11.2 Å². The van der Waals surface area contributed by atoms with Crippen molar-refractivity contribution in [3.8, 4) is 0 Å². The molecule has 2 heterocycles. The van der Waals surface area contributed by atoms with E-state index >= 15 is 0 Å². The number of halogens is 2. The van der Waals surface area contributed by atoms with Crippen molar-refractivity contribution in [1.82, 2.24) is 9.97 Å². The minimum atomic E-state index is -0.0316. The van der Waals surface area contributed by atoms with Crippen molar-refractivity contribution in [2.24, 2.45) is 5.92 Å². The van der Waals surface area contributed by atoms with Crippen molar-refractivity contribution in [2.75, 3.05) is 16.8 Å². The van der Waals surface area contributed by atoms with E-state index in [-0.39, 0.29) is 22.3 Å². The number of nitrogens with one attached hydrogen (secondary N) is 1. The number of thioether (sulfide) groups is 1. The number of carbonyl (C=O) groups is 1. The number of rotatable bonds is 2. The molecule has 0 radical (unpaired) electrons. The normalized spacial score (nSPS) is 19.8. The van der Waals surface area contributed by atoms with Gasteiger partial charge in [-0.2, -0.15) is 11.8 Å². The summed E-state index contributed by atoms with van der Waals surface area (Å²) in [6, 6.07) is 1.48. The number of carbonyl (C=O) groups excluding carboxylic acids is 1. The highest BCUT2D eigenvalue weighted by Gasteiger charge is 2.23. The van der Waals surface area contributed by atoms with Crippen LogP contribution in [0.15, 0.2) is 6.07 Å². The van der Waals surface area contributed by atoms with Gasteiger partial charge in [0.05, 0.1) is 0 Å². The standard InChI is InChI=1S/C9H9Cl2N3OS/c10-6-3-7(14-9(11)12-6)13-8(15)5-1-2-16-4-5/h3,5H,1-2,4H2,(H,12,13,14,15). The Morgan fingerprint density at radius 2 is 2.31 bits per heavy atom. The highest BCUT2D eigenvalue weighted by Crippen LogP contribution is 2.24. The van der Waals surface area contributed by atoms with Crippen molar-refractivity contribution in [1.29, 1.82) is 0 Å². The maximum atomic E-state index is 11.8. The van der Waals surface area contributed by atoms with Gasteiger partial charge in [-0.1, -0.05) is 11.6 Å². The summed E-state index contributed by atoms with van der Waals surface area (Å²) >= 11 is 13.1. The first-order valence-corrected chi connectivity index (χ1v) is 6.65. The molecule has 0 spiro atoms. The first-order valence-electron chi connectivity index (χ1n) is 4.74. The van der Waals surface area contributed by atoms with E-state index in [1.807, 2.05) is 0 Å². The van der Waals surface area contributed by atoms with Gasteiger partial charge >= 0.3 is 0 Å². The molecule has 16 heavy (non-hydrogen) atoms. The number of hydrogen-bond acceptors (Lipinski definition) is 4. The van der Waals surface area contributed by atoms with Crippen molar-refractivity contribution < 1.29 is 4.79 Å². The lowest BCUT2D eigenvalue weighted by atomic mass is 10.1. The van der Waals surface area contributed by atoms with Gasteiger partial charge in [-0.05, 0) is 23.8 Å². The summed E-state index contributed by atoms with van der Waals surface area (Å²) in [5.74, 6) is 2.27. The van der Waals surface area contributed by atoms with Gasteiger partial charge in [0.1, 0.15) is 11.0 Å². The van der Waals surface area contributed by atoms with E-state index in [1.54, 1.807) is 11.8 Å². The summed E-state index contributed by atoms with van der Waals surface area (Å²) in [5.41, 5.74) is 0. The Morgan fingerprint density at radius 1 is 1.50 bits per heavy atom. The largest absolute Gasteiger partial charge is 0.310 e. The Kier molecular flexibility index (Phi) is 3.89. The maximum Gasteiger partial charge on any atom is 0.229 e. The number of hydrogen-bond donors (Lipinski definition) is 1. The van der Waals surface area contributed by atoms with Gasteiger partial charge in [-0.3, -0.25) is 4.79 Å². The zero-order valence-electron chi connectivity index (χ0n) is 8.24. The average molecular weight is 278 g/mol. The molecule has 1 fully saturated rings. The highest BCUT2D eigenvalue weighted by atomic mass is 35.5. The van der Waals surface area contributed by atoms with Gasteiger partial charge in [0, 0.05) is 17.7 Å². The summed E-state index contributed by atoms with van der Waals surface area (Å²) in [5, 5.41) is 2.94. The Bertz CT molecular complexity index is 389. The Hall–Kier alpha value is -0.520. The predicted octanol–water partition coefficient (Wildman–Crippen LogP) is 2.48. The fourth-order valence-corrected chi connectivity index (χ4v) is 3.05. The van der Waals surface area contributed by atoms with Crippen molar-refractivity contribution in [3.05, 3.63) is 16.5 Å². The number of amides is 1. The van der Waals surface area contributed by atoms with Gasteiger partial charge in [0.15, 0.2) is 0 Å². The van der Waals surface area contributed by atoms with E-state index in [2.05, 4.69) is 15.3 Å². The lowest BCUT2D eigenvalue weighted by Crippen LogP contribution is -2.23. The Balaban J connectivity index is 2.05. The van der Waals surface area contributed by atoms with Gasteiger partial charge < -0.3 is 5.32 Å². The molecule has 4 nitrogen and oxygen atoms in total. The SMILES string of the molecule is O=C(Nc1cc(Cl)nc(Cl)n1)C1CCSC1. The second kappa shape index (κ2) is 5.21. The molecule has 0 aromatic carbocycles. The summed E-state index contributed by atoms with van der Waals surface area (Å²) in [7, 11) is 0. The third kappa shape index (κ3) is 2.99. The molecule has 1 aromatic rings. The van der Waals surface area contributed by atoms with E-state index in [0.717, 1.165) is 17.9 Å². The molecule has 0 aliphatic carbocycles. The van der Waals surface area contributed by atoms with Gasteiger partial charge in [-0.15, -0.1) is 0 Å². The summed E-state index contributed by atoms with van der Waals surface area (Å²) in [6.07, 6.45) is 0.906. The minimum absolute atomic E-state index is 0.0311. The molecule has 1 saturated heterocycles. The third-order valence-corrected chi connectivity index (χ3v) is 3.74. The highest BCUT2D eigenvalue weighted by molar-refractivity contribution is 7.99. The van der Waals surface area contributed by atoms with Crippen LogP contribution in [0.4, 0.5) is 5.82 Å². The molecular weight excluding hydrogens is 269 g/mol. The van der Waals surface area contributed by atoms with Gasteiger partial charge in [0.25, 0.3) is 0 Å². The molecule has 1 aliphatic heterocycles. The number of nitrogens with zero attached hydrogens (tertiary/aromatic N) is 2. The summed E-state index contributed by atoms with van der Waals surface area (Å²) in [4.78, 5) is 19.3. The van der Waals surface area contributed by atoms with E-state index in [9.17, 15) is 4.79 Å². The lowest BCUT2D eigenvalue weighted by molar-refractivity contribution is -0.119. The molecule has 7 heteroatoms. The molecule has 2 rings (SSSR count). The molecule has 0 bridgehead atoms. The quantitative estimate of drug-likeness (QED) is 0.667. The second-order valence-corrected chi connectivity index (χ2v) is 5.27. The summed E-state index contributed by atoms with van der Waals surface area (Å²) in [6.45, 7) is 0. The van der Waals surface area contributed by atoms with Crippen LogP contribution < -0.4 is 5.32 Å². The predicted molar refractivity (Wildman–Crippen MR) is 66.1 cm³/mol. The van der Waals surface area contributed by atoms with Crippen LogP contribution in [0.1, 0.15) is 6.42 Å². The number of aromatic nitrogens is 2. The van der Waals surface area contributed by atoms with Gasteiger partial charge in [-0.25, -0.2) is 9.97 Å². The average Bonchev–Trinajstić information content (AvgIpc) is 2.68. The topological polar surface area (TPSA) is 54.9 Å². The third-order valence-electron chi connectivity index (χ3n) is 2.22. The minimum Gasteiger partial charge on any atom is -0.310 e. The number of anilines is 1. The summed E-state index contributed by atoms with van der Waals surface area (Å²) < 4.78 is 0. The molecule has 1 aromatic heterocycles. The van der Waals surface area contributed by atoms with Crippen LogP contribution in [0.5, 0.6) is 0 Å². The maximum absolute atomic E-state index is 11.8. The van der Waals surface area contributed by atoms with E-state index in [0.29, 0.717) is 5.82 Å². The molecule has 1 aliphatic rings. The van der Waals surface area contributed by atoms with Crippen LogP contribution in [0.2, 0.25) is 10.4 Å². The zero-order chi connectivity index (χ0) is 11.5. The molecular formula is C9H9Cl2N3OS. The fourth-order valence-electron chi connectivity index (χ4n) is 1.42. The van der Waals surface area contributed by atoms with E-state index in [4.69, 9.17) is 23.2 Å². The Labute approximate surface area is 107 Å². The van der Waals surface area contributed by atoms with Crippen LogP contribution in [-0.2, 0) is 4.79 Å². The molecule has 86 valence electrons. The van der Waals surface area contributed by atoms with Crippen molar-refractivity contribution in [3.63, 3.8) is 0 Å². The first-order chi connectivity index (χ1) is 7.65. The zero-order valence-corrected chi connectivity index (χ0v) is 10.6. The molecule has 1 N–H and O–H groups in total. The van der Waals surface area contributed by atoms with Crippen molar-refractivity contribution >= 4 is 46.7 Å². The van der Waals surface area contributed by atoms with E-state index in [1.165, 1.54) is 6.07 Å². The van der Waals surface area contributed by atoms with Crippen LogP contribution >= 0.6 is 35.0 Å². The van der Waals surface area contributed by atoms with E-state index < -0.39 is 0 Å². The lowest BCUT2D eigenvalue weighted by Gasteiger charge is -2.09. The molecule has 1 unspecified atom stereocenters. The molecule has 0 saturated carbocycles. The smallest absolute Gasteiger partial charge is 0.229 e. The molecule has 1 atom stereocenters. The fraction of sp³-hybridized carbons (Fsp3) is 0.444. The van der Waals surface area contributed by atoms with Crippen LogP contribution in [0.3, 0.4) is 0 Å². The monoisotopic (exact) mass is 277 g/mol. The van der Waals surface area contributed by atoms with Crippen molar-refractivity contribution in [2.45, 2.75) is 6.42 Å². The first kappa shape index (κ1) is 12.0. The van der Waals surface area contributed by atoms with Crippen LogP contribution in [0.25, 0.3) is 0 Å². The molecule has 1 amide bonds. The second-order valence-electron chi connectivity index (χ2n) is 3.39. The van der Waals surface area contributed by atoms with Crippen LogP contribution in [-0.4, -0.2) is 27.4 Å². The van der Waals surface area contributed by atoms with Crippen LogP contribution in [0, 0.1) is 5.92 Å². The Morgan fingerprint density at radius 3 is 2.94 bits per heavy atom.